The Morgan fingerprint density at radius 2 is 2.07 bits per heavy atom. The second-order valence-electron chi connectivity index (χ2n) is 2.98. The van der Waals surface area contributed by atoms with Gasteiger partial charge in [0.1, 0.15) is 11.6 Å². The summed E-state index contributed by atoms with van der Waals surface area (Å²) >= 11 is 3.37. The summed E-state index contributed by atoms with van der Waals surface area (Å²) in [5.41, 5.74) is 0.914. The minimum absolute atomic E-state index is 0.766. The van der Waals surface area contributed by atoms with Crippen LogP contribution in [0.25, 0.3) is 5.69 Å². The summed E-state index contributed by atoms with van der Waals surface area (Å²) in [6.45, 7) is 3.79. The molecule has 0 bridgehead atoms. The maximum absolute atomic E-state index is 4.27. The van der Waals surface area contributed by atoms with Crippen molar-refractivity contribution in [3.63, 3.8) is 0 Å². The Kier molecular flexibility index (Phi) is 2.33. The topological polar surface area (TPSA) is 43.6 Å². The van der Waals surface area contributed by atoms with E-state index in [9.17, 15) is 0 Å². The van der Waals surface area contributed by atoms with E-state index >= 15 is 0 Å². The van der Waals surface area contributed by atoms with Gasteiger partial charge in [0.2, 0.25) is 0 Å². The Labute approximate surface area is 90.1 Å². The number of hydrogen-bond donors (Lipinski definition) is 0. The van der Waals surface area contributed by atoms with Gasteiger partial charge in [-0.1, -0.05) is 0 Å². The molecule has 2 aromatic heterocycles. The molecule has 0 aliphatic rings. The van der Waals surface area contributed by atoms with E-state index in [1.54, 1.807) is 17.1 Å². The van der Waals surface area contributed by atoms with Crippen LogP contribution in [-0.4, -0.2) is 19.7 Å². The molecule has 0 aromatic carbocycles. The molecule has 14 heavy (non-hydrogen) atoms. The molecule has 2 heterocycles. The molecule has 0 radical (unpaired) electrons. The molecular weight excluding hydrogens is 244 g/mol. The number of nitrogens with zero attached hydrogens (tertiary/aromatic N) is 4. The van der Waals surface area contributed by atoms with Crippen LogP contribution in [0.15, 0.2) is 22.9 Å². The fourth-order valence-corrected chi connectivity index (χ4v) is 1.63. The van der Waals surface area contributed by atoms with Crippen molar-refractivity contribution >= 4 is 15.9 Å². The van der Waals surface area contributed by atoms with Gasteiger partial charge in [-0.2, -0.15) is 5.10 Å². The average Bonchev–Trinajstić information content (AvgIpc) is 2.45. The Bertz CT molecular complexity index is 464. The highest BCUT2D eigenvalue weighted by molar-refractivity contribution is 9.10. The maximum Gasteiger partial charge on any atom is 0.148 e. The molecular formula is C9H9BrN4. The Morgan fingerprint density at radius 1 is 1.29 bits per heavy atom. The molecule has 2 aromatic rings. The van der Waals surface area contributed by atoms with Crippen molar-refractivity contribution in [3.05, 3.63) is 34.6 Å². The van der Waals surface area contributed by atoms with E-state index < -0.39 is 0 Å². The zero-order valence-electron chi connectivity index (χ0n) is 7.90. The maximum atomic E-state index is 4.27. The van der Waals surface area contributed by atoms with Crippen LogP contribution in [0.2, 0.25) is 0 Å². The van der Waals surface area contributed by atoms with E-state index in [0.29, 0.717) is 0 Å². The lowest BCUT2D eigenvalue weighted by molar-refractivity contribution is 0.825. The van der Waals surface area contributed by atoms with Gasteiger partial charge in [-0.15, -0.1) is 0 Å². The molecule has 0 aliphatic carbocycles. The van der Waals surface area contributed by atoms with Gasteiger partial charge in [0, 0.05) is 10.7 Å². The summed E-state index contributed by atoms with van der Waals surface area (Å²) in [7, 11) is 0. The van der Waals surface area contributed by atoms with Crippen molar-refractivity contribution < 1.29 is 0 Å². The Morgan fingerprint density at radius 3 is 2.64 bits per heavy atom. The van der Waals surface area contributed by atoms with Crippen molar-refractivity contribution in [2.75, 3.05) is 0 Å². The summed E-state index contributed by atoms with van der Waals surface area (Å²) in [6, 6.07) is 1.95. The first-order valence-corrected chi connectivity index (χ1v) is 4.97. The second kappa shape index (κ2) is 3.49. The molecule has 0 saturated carbocycles. The summed E-state index contributed by atoms with van der Waals surface area (Å²) in [6.07, 6.45) is 3.49. The van der Waals surface area contributed by atoms with Crippen LogP contribution < -0.4 is 0 Å². The third-order valence-corrected chi connectivity index (χ3v) is 2.24. The normalized spacial score (nSPS) is 10.5. The largest absolute Gasteiger partial charge is 0.261 e. The smallest absolute Gasteiger partial charge is 0.148 e. The number of halogens is 1. The minimum atomic E-state index is 0.766. The quantitative estimate of drug-likeness (QED) is 0.781. The molecule has 4 nitrogen and oxygen atoms in total. The Balaban J connectivity index is 2.54. The van der Waals surface area contributed by atoms with Gasteiger partial charge in [-0.05, 0) is 35.8 Å². The summed E-state index contributed by atoms with van der Waals surface area (Å²) in [5.74, 6) is 1.63. The predicted octanol–water partition coefficient (Wildman–Crippen LogP) is 2.04. The predicted molar refractivity (Wildman–Crippen MR) is 56.3 cm³/mol. The number of aromatic nitrogens is 4. The number of aryl methyl sites for hydroxylation is 2. The summed E-state index contributed by atoms with van der Waals surface area (Å²) in [5, 5.41) is 4.27. The van der Waals surface area contributed by atoms with Crippen LogP contribution in [0.3, 0.4) is 0 Å². The highest BCUT2D eigenvalue weighted by atomic mass is 79.9. The van der Waals surface area contributed by atoms with E-state index in [0.717, 1.165) is 21.8 Å². The lowest BCUT2D eigenvalue weighted by Crippen LogP contribution is -1.99. The monoisotopic (exact) mass is 252 g/mol. The van der Waals surface area contributed by atoms with Crippen LogP contribution in [-0.2, 0) is 0 Å². The zero-order chi connectivity index (χ0) is 10.1. The van der Waals surface area contributed by atoms with Crippen LogP contribution in [0.1, 0.15) is 11.6 Å². The molecule has 0 spiro atoms. The molecule has 0 fully saturated rings. The fraction of sp³-hybridized carbons (Fsp3) is 0.222. The second-order valence-corrected chi connectivity index (χ2v) is 3.90. The molecule has 0 N–H and O–H groups in total. The van der Waals surface area contributed by atoms with Crippen molar-refractivity contribution in [1.29, 1.82) is 0 Å². The van der Waals surface area contributed by atoms with E-state index in [-0.39, 0.29) is 0 Å². The molecule has 72 valence electrons. The van der Waals surface area contributed by atoms with Crippen LogP contribution in [0.4, 0.5) is 0 Å². The number of rotatable bonds is 1. The van der Waals surface area contributed by atoms with Crippen molar-refractivity contribution in [3.8, 4) is 5.69 Å². The zero-order valence-corrected chi connectivity index (χ0v) is 9.48. The molecule has 0 saturated heterocycles. The number of pyridine rings is 1. The highest BCUT2D eigenvalue weighted by Crippen LogP contribution is 2.13. The number of hydrogen-bond acceptors (Lipinski definition) is 3. The first kappa shape index (κ1) is 9.33. The third kappa shape index (κ3) is 1.68. The van der Waals surface area contributed by atoms with Crippen molar-refractivity contribution in [2.24, 2.45) is 0 Å². The standard InChI is InChI=1S/C9H9BrN4/c1-6-12-7(2)14(13-6)9-3-8(10)4-11-5-9/h3-5H,1-2H3. The van der Waals surface area contributed by atoms with Crippen molar-refractivity contribution in [1.82, 2.24) is 19.7 Å². The molecule has 0 aliphatic heterocycles. The van der Waals surface area contributed by atoms with Crippen LogP contribution in [0.5, 0.6) is 0 Å². The summed E-state index contributed by atoms with van der Waals surface area (Å²) in [4.78, 5) is 8.30. The average molecular weight is 253 g/mol. The molecule has 0 amide bonds. The van der Waals surface area contributed by atoms with E-state index in [2.05, 4.69) is 31.0 Å². The van der Waals surface area contributed by atoms with Crippen molar-refractivity contribution in [2.45, 2.75) is 13.8 Å². The molecule has 0 unspecified atom stereocenters. The molecule has 0 atom stereocenters. The van der Waals surface area contributed by atoms with E-state index in [1.165, 1.54) is 0 Å². The van der Waals surface area contributed by atoms with Gasteiger partial charge in [-0.3, -0.25) is 4.98 Å². The van der Waals surface area contributed by atoms with Gasteiger partial charge in [0.05, 0.1) is 11.9 Å². The van der Waals surface area contributed by atoms with Crippen LogP contribution >= 0.6 is 15.9 Å². The third-order valence-electron chi connectivity index (χ3n) is 1.81. The van der Waals surface area contributed by atoms with E-state index in [4.69, 9.17) is 0 Å². The van der Waals surface area contributed by atoms with Gasteiger partial charge in [-0.25, -0.2) is 9.67 Å². The first-order valence-electron chi connectivity index (χ1n) is 4.18. The minimum Gasteiger partial charge on any atom is -0.261 e. The van der Waals surface area contributed by atoms with Gasteiger partial charge in [0.25, 0.3) is 0 Å². The Hall–Kier alpha value is -1.23. The van der Waals surface area contributed by atoms with Gasteiger partial charge >= 0.3 is 0 Å². The fourth-order valence-electron chi connectivity index (χ4n) is 1.28. The van der Waals surface area contributed by atoms with E-state index in [1.807, 2.05) is 19.9 Å². The lowest BCUT2D eigenvalue weighted by atomic mass is 10.4. The van der Waals surface area contributed by atoms with Gasteiger partial charge < -0.3 is 0 Å². The van der Waals surface area contributed by atoms with Crippen LogP contribution in [0, 0.1) is 13.8 Å². The first-order chi connectivity index (χ1) is 6.66. The highest BCUT2D eigenvalue weighted by Gasteiger charge is 2.04. The SMILES string of the molecule is Cc1nc(C)n(-c2cncc(Br)c2)n1. The lowest BCUT2D eigenvalue weighted by Gasteiger charge is -2.01. The molecule has 2 rings (SSSR count). The summed E-state index contributed by atoms with van der Waals surface area (Å²) < 4.78 is 2.70. The van der Waals surface area contributed by atoms with Gasteiger partial charge in [0.15, 0.2) is 0 Å². The molecule has 5 heteroatoms.